The van der Waals surface area contributed by atoms with Gasteiger partial charge in [0.05, 0.1) is 11.2 Å². The summed E-state index contributed by atoms with van der Waals surface area (Å²) in [7, 11) is 5.93. The number of benzene rings is 1. The van der Waals surface area contributed by atoms with Gasteiger partial charge >= 0.3 is 5.97 Å². The van der Waals surface area contributed by atoms with E-state index < -0.39 is 5.97 Å². The first-order valence-corrected chi connectivity index (χ1v) is 6.85. The minimum absolute atomic E-state index is 0.000975. The quantitative estimate of drug-likeness (QED) is 0.872. The highest BCUT2D eigenvalue weighted by Gasteiger charge is 2.19. The van der Waals surface area contributed by atoms with Gasteiger partial charge in [0.25, 0.3) is 0 Å². The summed E-state index contributed by atoms with van der Waals surface area (Å²) in [5, 5.41) is 18.0. The lowest BCUT2D eigenvalue weighted by molar-refractivity contribution is 0.0690. The van der Waals surface area contributed by atoms with Crippen LogP contribution in [0.5, 0.6) is 0 Å². The van der Waals surface area contributed by atoms with Crippen molar-refractivity contribution < 1.29 is 9.90 Å². The lowest BCUT2D eigenvalue weighted by Crippen LogP contribution is -2.25. The number of fused-ring (bicyclic) bond motifs is 1. The van der Waals surface area contributed by atoms with E-state index >= 15 is 0 Å². The lowest BCUT2D eigenvalue weighted by atomic mass is 10.1. The van der Waals surface area contributed by atoms with Crippen LogP contribution in [0.1, 0.15) is 16.9 Å². The van der Waals surface area contributed by atoms with Crippen LogP contribution in [-0.2, 0) is 0 Å². The third-order valence-electron chi connectivity index (χ3n) is 3.32. The summed E-state index contributed by atoms with van der Waals surface area (Å²) in [6, 6.07) is 7.47. The average molecular weight is 288 g/mol. The van der Waals surface area contributed by atoms with Gasteiger partial charge in [-0.2, -0.15) is 0 Å². The SMILES string of the molecule is CN(C)CCCN(C)c1c(C(=O)O)nnc2ccccc12. The first-order valence-electron chi connectivity index (χ1n) is 6.85. The zero-order valence-corrected chi connectivity index (χ0v) is 12.6. The minimum Gasteiger partial charge on any atom is -0.476 e. The van der Waals surface area contributed by atoms with Crippen LogP contribution in [0.15, 0.2) is 24.3 Å². The molecule has 2 rings (SSSR count). The second-order valence-electron chi connectivity index (χ2n) is 5.30. The Kier molecular flexibility index (Phi) is 4.70. The smallest absolute Gasteiger partial charge is 0.358 e. The molecule has 1 aromatic heterocycles. The highest BCUT2D eigenvalue weighted by atomic mass is 16.4. The number of rotatable bonds is 6. The van der Waals surface area contributed by atoms with Gasteiger partial charge in [-0.15, -0.1) is 10.2 Å². The Hall–Kier alpha value is -2.21. The van der Waals surface area contributed by atoms with Crippen molar-refractivity contribution in [2.75, 3.05) is 39.1 Å². The first kappa shape index (κ1) is 15.2. The van der Waals surface area contributed by atoms with Crippen LogP contribution in [0.2, 0.25) is 0 Å². The molecule has 21 heavy (non-hydrogen) atoms. The van der Waals surface area contributed by atoms with Crippen LogP contribution in [0.3, 0.4) is 0 Å². The molecule has 0 saturated carbocycles. The molecule has 0 bridgehead atoms. The van der Waals surface area contributed by atoms with E-state index in [1.54, 1.807) is 0 Å². The van der Waals surface area contributed by atoms with Crippen LogP contribution in [-0.4, -0.2) is 60.4 Å². The van der Waals surface area contributed by atoms with Gasteiger partial charge in [0, 0.05) is 19.0 Å². The number of aromatic nitrogens is 2. The zero-order chi connectivity index (χ0) is 15.4. The summed E-state index contributed by atoms with van der Waals surface area (Å²) in [5.74, 6) is -1.05. The standard InChI is InChI=1S/C15H20N4O2/c1-18(2)9-6-10-19(3)14-11-7-4-5-8-12(11)16-17-13(14)15(20)21/h4-5,7-8H,6,9-10H2,1-3H3,(H,20,21). The van der Waals surface area contributed by atoms with Gasteiger partial charge < -0.3 is 14.9 Å². The Bertz CT molecular complexity index is 643. The Balaban J connectivity index is 2.39. The molecule has 0 amide bonds. The molecule has 1 aromatic carbocycles. The topological polar surface area (TPSA) is 69.6 Å². The Labute approximate surface area is 124 Å². The molecule has 1 N–H and O–H groups in total. The van der Waals surface area contributed by atoms with Crippen LogP contribution in [0.4, 0.5) is 5.69 Å². The van der Waals surface area contributed by atoms with Crippen LogP contribution < -0.4 is 4.90 Å². The van der Waals surface area contributed by atoms with Crippen molar-refractivity contribution in [1.82, 2.24) is 15.1 Å². The number of nitrogens with zero attached hydrogens (tertiary/aromatic N) is 4. The molecule has 0 aliphatic rings. The van der Waals surface area contributed by atoms with E-state index in [-0.39, 0.29) is 5.69 Å². The molecular weight excluding hydrogens is 268 g/mol. The number of aromatic carboxylic acids is 1. The fraction of sp³-hybridized carbons (Fsp3) is 0.400. The Morgan fingerprint density at radius 2 is 1.86 bits per heavy atom. The molecule has 2 aromatic rings. The molecule has 0 aliphatic carbocycles. The normalized spacial score (nSPS) is 11.0. The molecule has 0 spiro atoms. The summed E-state index contributed by atoms with van der Waals surface area (Å²) in [5.41, 5.74) is 1.34. The maximum Gasteiger partial charge on any atom is 0.358 e. The Morgan fingerprint density at radius 1 is 1.14 bits per heavy atom. The molecule has 0 radical (unpaired) electrons. The van der Waals surface area contributed by atoms with Crippen molar-refractivity contribution in [3.63, 3.8) is 0 Å². The molecule has 0 atom stereocenters. The van der Waals surface area contributed by atoms with Crippen molar-refractivity contribution in [1.29, 1.82) is 0 Å². The number of carboxylic acids is 1. The van der Waals surface area contributed by atoms with Crippen molar-refractivity contribution in [3.05, 3.63) is 30.0 Å². The highest BCUT2D eigenvalue weighted by molar-refractivity contribution is 6.02. The number of hydrogen-bond donors (Lipinski definition) is 1. The van der Waals surface area contributed by atoms with Crippen molar-refractivity contribution in [3.8, 4) is 0 Å². The zero-order valence-electron chi connectivity index (χ0n) is 12.6. The third-order valence-corrected chi connectivity index (χ3v) is 3.32. The van der Waals surface area contributed by atoms with Gasteiger partial charge in [-0.05, 0) is 33.1 Å². The van der Waals surface area contributed by atoms with E-state index in [0.717, 1.165) is 24.9 Å². The van der Waals surface area contributed by atoms with Crippen LogP contribution in [0.25, 0.3) is 10.9 Å². The molecule has 6 nitrogen and oxygen atoms in total. The van der Waals surface area contributed by atoms with E-state index in [2.05, 4.69) is 15.1 Å². The van der Waals surface area contributed by atoms with Gasteiger partial charge in [-0.3, -0.25) is 0 Å². The van der Waals surface area contributed by atoms with Gasteiger partial charge in [-0.25, -0.2) is 4.79 Å². The summed E-state index contributed by atoms with van der Waals surface area (Å²) in [4.78, 5) is 15.5. The lowest BCUT2D eigenvalue weighted by Gasteiger charge is -2.22. The summed E-state index contributed by atoms with van der Waals surface area (Å²) in [6.45, 7) is 1.71. The fourth-order valence-corrected chi connectivity index (χ4v) is 2.31. The minimum atomic E-state index is -1.05. The van der Waals surface area contributed by atoms with Gasteiger partial charge in [0.2, 0.25) is 0 Å². The summed E-state index contributed by atoms with van der Waals surface area (Å²) in [6.07, 6.45) is 0.944. The van der Waals surface area contributed by atoms with Crippen molar-refractivity contribution >= 4 is 22.6 Å². The van der Waals surface area contributed by atoms with E-state index in [1.807, 2.05) is 50.3 Å². The fourth-order valence-electron chi connectivity index (χ4n) is 2.31. The average Bonchev–Trinajstić information content (AvgIpc) is 2.45. The van der Waals surface area contributed by atoms with Crippen molar-refractivity contribution in [2.45, 2.75) is 6.42 Å². The van der Waals surface area contributed by atoms with Gasteiger partial charge in [-0.1, -0.05) is 18.2 Å². The Morgan fingerprint density at radius 3 is 2.52 bits per heavy atom. The second kappa shape index (κ2) is 6.49. The molecule has 0 aliphatic heterocycles. The molecule has 1 heterocycles. The van der Waals surface area contributed by atoms with E-state index in [4.69, 9.17) is 0 Å². The molecular formula is C15H20N4O2. The number of carboxylic acid groups (broad SMARTS) is 1. The monoisotopic (exact) mass is 288 g/mol. The predicted octanol–water partition coefficient (Wildman–Crippen LogP) is 1.72. The summed E-state index contributed by atoms with van der Waals surface area (Å²) >= 11 is 0. The second-order valence-corrected chi connectivity index (χ2v) is 5.30. The molecule has 0 fully saturated rings. The van der Waals surface area contributed by atoms with Crippen LogP contribution >= 0.6 is 0 Å². The van der Waals surface area contributed by atoms with E-state index in [0.29, 0.717) is 11.2 Å². The molecule has 0 unspecified atom stereocenters. The maximum absolute atomic E-state index is 11.4. The largest absolute Gasteiger partial charge is 0.476 e. The van der Waals surface area contributed by atoms with E-state index in [1.165, 1.54) is 0 Å². The molecule has 6 heteroatoms. The molecule has 0 saturated heterocycles. The first-order chi connectivity index (χ1) is 10.0. The highest BCUT2D eigenvalue weighted by Crippen LogP contribution is 2.27. The number of hydrogen-bond acceptors (Lipinski definition) is 5. The van der Waals surface area contributed by atoms with Crippen LogP contribution in [0, 0.1) is 0 Å². The number of carbonyl (C=O) groups is 1. The maximum atomic E-state index is 11.4. The predicted molar refractivity (Wildman–Crippen MR) is 82.9 cm³/mol. The number of anilines is 1. The molecule has 112 valence electrons. The van der Waals surface area contributed by atoms with Gasteiger partial charge in [0.1, 0.15) is 0 Å². The summed E-state index contributed by atoms with van der Waals surface area (Å²) < 4.78 is 0. The van der Waals surface area contributed by atoms with Gasteiger partial charge in [0.15, 0.2) is 5.69 Å². The van der Waals surface area contributed by atoms with Crippen molar-refractivity contribution in [2.24, 2.45) is 0 Å². The third kappa shape index (κ3) is 3.46. The van der Waals surface area contributed by atoms with E-state index in [9.17, 15) is 9.90 Å².